The smallest absolute Gasteiger partial charge is 0.411 e. The SMILES string of the molecule is C=C1CCN(C(=O)OCc2ccccc2)[C@@H]1C(=O)OC. The molecule has 1 amide bonds. The van der Waals surface area contributed by atoms with Gasteiger partial charge in [0.25, 0.3) is 0 Å². The van der Waals surface area contributed by atoms with Gasteiger partial charge < -0.3 is 9.47 Å². The van der Waals surface area contributed by atoms with Crippen LogP contribution in [0.1, 0.15) is 12.0 Å². The summed E-state index contributed by atoms with van der Waals surface area (Å²) in [5, 5.41) is 0. The van der Waals surface area contributed by atoms with E-state index in [0.29, 0.717) is 18.5 Å². The van der Waals surface area contributed by atoms with Crippen molar-refractivity contribution in [1.29, 1.82) is 0 Å². The van der Waals surface area contributed by atoms with Gasteiger partial charge in [0.05, 0.1) is 7.11 Å². The molecule has 1 atom stereocenters. The van der Waals surface area contributed by atoms with Gasteiger partial charge in [0, 0.05) is 6.54 Å². The second-order valence-electron chi connectivity index (χ2n) is 4.57. The van der Waals surface area contributed by atoms with E-state index in [1.165, 1.54) is 12.0 Å². The predicted octanol–water partition coefficient (Wildman–Crippen LogP) is 2.13. The number of hydrogen-bond acceptors (Lipinski definition) is 4. The van der Waals surface area contributed by atoms with Crippen molar-refractivity contribution >= 4 is 12.1 Å². The van der Waals surface area contributed by atoms with E-state index in [1.54, 1.807) is 0 Å². The Labute approximate surface area is 117 Å². The number of hydrogen-bond donors (Lipinski definition) is 0. The molecular formula is C15H17NO4. The highest BCUT2D eigenvalue weighted by Gasteiger charge is 2.38. The number of benzene rings is 1. The summed E-state index contributed by atoms with van der Waals surface area (Å²) >= 11 is 0. The number of nitrogens with zero attached hydrogens (tertiary/aromatic N) is 1. The fourth-order valence-corrected chi connectivity index (χ4v) is 2.15. The maximum absolute atomic E-state index is 12.0. The van der Waals surface area contributed by atoms with Gasteiger partial charge in [-0.25, -0.2) is 9.59 Å². The van der Waals surface area contributed by atoms with Gasteiger partial charge in [0.15, 0.2) is 6.04 Å². The Bertz CT molecular complexity index is 512. The van der Waals surface area contributed by atoms with E-state index in [9.17, 15) is 9.59 Å². The molecule has 1 heterocycles. The first-order valence-electron chi connectivity index (χ1n) is 6.36. The molecule has 1 aromatic carbocycles. The maximum Gasteiger partial charge on any atom is 0.411 e. The highest BCUT2D eigenvalue weighted by atomic mass is 16.6. The Morgan fingerprint density at radius 3 is 2.70 bits per heavy atom. The summed E-state index contributed by atoms with van der Waals surface area (Å²) in [7, 11) is 1.29. The average molecular weight is 275 g/mol. The van der Waals surface area contributed by atoms with Crippen LogP contribution >= 0.6 is 0 Å². The molecule has 0 unspecified atom stereocenters. The standard InChI is InChI=1S/C15H17NO4/c1-11-8-9-16(13(11)14(17)19-2)15(18)20-10-12-6-4-3-5-7-12/h3-7,13H,1,8-10H2,2H3/t13-/m0/s1. The van der Waals surface area contributed by atoms with E-state index >= 15 is 0 Å². The second kappa shape index (κ2) is 6.23. The number of carbonyl (C=O) groups excluding carboxylic acids is 2. The molecule has 0 bridgehead atoms. The molecule has 1 fully saturated rings. The number of methoxy groups -OCH3 is 1. The third-order valence-electron chi connectivity index (χ3n) is 3.24. The molecular weight excluding hydrogens is 258 g/mol. The molecule has 1 aromatic rings. The third kappa shape index (κ3) is 2.99. The van der Waals surface area contributed by atoms with Gasteiger partial charge >= 0.3 is 12.1 Å². The van der Waals surface area contributed by atoms with Crippen LogP contribution in [0.15, 0.2) is 42.5 Å². The maximum atomic E-state index is 12.0. The van der Waals surface area contributed by atoms with E-state index in [-0.39, 0.29) is 6.61 Å². The summed E-state index contributed by atoms with van der Waals surface area (Å²) in [5.41, 5.74) is 1.57. The lowest BCUT2D eigenvalue weighted by Crippen LogP contribution is -2.41. The van der Waals surface area contributed by atoms with Crippen LogP contribution in [0.4, 0.5) is 4.79 Å². The van der Waals surface area contributed by atoms with Crippen LogP contribution in [0.2, 0.25) is 0 Å². The molecule has 5 heteroatoms. The highest BCUT2D eigenvalue weighted by Crippen LogP contribution is 2.24. The summed E-state index contributed by atoms with van der Waals surface area (Å²) in [6.45, 7) is 4.41. The van der Waals surface area contributed by atoms with Crippen molar-refractivity contribution in [3.05, 3.63) is 48.0 Å². The van der Waals surface area contributed by atoms with Crippen molar-refractivity contribution in [1.82, 2.24) is 4.90 Å². The quantitative estimate of drug-likeness (QED) is 0.626. The summed E-state index contributed by atoms with van der Waals surface area (Å²) in [6.07, 6.45) is 0.0584. The topological polar surface area (TPSA) is 55.8 Å². The number of likely N-dealkylation sites (tertiary alicyclic amines) is 1. The zero-order chi connectivity index (χ0) is 14.5. The van der Waals surface area contributed by atoms with Crippen molar-refractivity contribution in [2.75, 3.05) is 13.7 Å². The van der Waals surface area contributed by atoms with Crippen LogP contribution in [0.5, 0.6) is 0 Å². The Kier molecular flexibility index (Phi) is 4.40. The minimum absolute atomic E-state index is 0.177. The summed E-state index contributed by atoms with van der Waals surface area (Å²) < 4.78 is 9.92. The van der Waals surface area contributed by atoms with E-state index in [4.69, 9.17) is 9.47 Å². The first-order chi connectivity index (χ1) is 9.63. The van der Waals surface area contributed by atoms with Gasteiger partial charge in [-0.3, -0.25) is 4.90 Å². The Morgan fingerprint density at radius 1 is 1.35 bits per heavy atom. The molecule has 0 spiro atoms. The fourth-order valence-electron chi connectivity index (χ4n) is 2.15. The van der Waals surface area contributed by atoms with Crippen LogP contribution in [0.25, 0.3) is 0 Å². The molecule has 0 saturated carbocycles. The lowest BCUT2D eigenvalue weighted by Gasteiger charge is -2.22. The Morgan fingerprint density at radius 2 is 2.05 bits per heavy atom. The van der Waals surface area contributed by atoms with Crippen molar-refractivity contribution in [3.8, 4) is 0 Å². The van der Waals surface area contributed by atoms with Crippen LogP contribution in [0.3, 0.4) is 0 Å². The number of carbonyl (C=O) groups is 2. The van der Waals surface area contributed by atoms with Crippen molar-refractivity contribution in [2.45, 2.75) is 19.1 Å². The molecule has 20 heavy (non-hydrogen) atoms. The fraction of sp³-hybridized carbons (Fsp3) is 0.333. The normalized spacial score (nSPS) is 17.9. The molecule has 1 saturated heterocycles. The Hall–Kier alpha value is -2.30. The third-order valence-corrected chi connectivity index (χ3v) is 3.24. The summed E-state index contributed by atoms with van der Waals surface area (Å²) in [5.74, 6) is -0.482. The average Bonchev–Trinajstić information content (AvgIpc) is 2.87. The molecule has 0 aliphatic carbocycles. The molecule has 106 valence electrons. The van der Waals surface area contributed by atoms with E-state index in [1.807, 2.05) is 30.3 Å². The van der Waals surface area contributed by atoms with Gasteiger partial charge in [-0.05, 0) is 17.6 Å². The van der Waals surface area contributed by atoms with Crippen LogP contribution in [-0.2, 0) is 20.9 Å². The Balaban J connectivity index is 1.98. The minimum atomic E-state index is -0.733. The summed E-state index contributed by atoms with van der Waals surface area (Å²) in [4.78, 5) is 25.1. The van der Waals surface area contributed by atoms with Gasteiger partial charge in [-0.1, -0.05) is 36.9 Å². The molecule has 1 aliphatic rings. The van der Waals surface area contributed by atoms with Crippen molar-refractivity contribution in [3.63, 3.8) is 0 Å². The van der Waals surface area contributed by atoms with E-state index in [2.05, 4.69) is 6.58 Å². The molecule has 0 aromatic heterocycles. The van der Waals surface area contributed by atoms with Crippen LogP contribution < -0.4 is 0 Å². The molecule has 0 N–H and O–H groups in total. The zero-order valence-corrected chi connectivity index (χ0v) is 11.4. The predicted molar refractivity (Wildman–Crippen MR) is 72.9 cm³/mol. The number of esters is 1. The zero-order valence-electron chi connectivity index (χ0n) is 11.4. The minimum Gasteiger partial charge on any atom is -0.467 e. The van der Waals surface area contributed by atoms with Crippen molar-refractivity contribution in [2.24, 2.45) is 0 Å². The monoisotopic (exact) mass is 275 g/mol. The van der Waals surface area contributed by atoms with Crippen LogP contribution in [-0.4, -0.2) is 36.7 Å². The van der Waals surface area contributed by atoms with Gasteiger partial charge in [0.1, 0.15) is 6.61 Å². The number of amides is 1. The first-order valence-corrected chi connectivity index (χ1v) is 6.36. The second-order valence-corrected chi connectivity index (χ2v) is 4.57. The van der Waals surface area contributed by atoms with E-state index in [0.717, 1.165) is 5.56 Å². The largest absolute Gasteiger partial charge is 0.467 e. The highest BCUT2D eigenvalue weighted by molar-refractivity contribution is 5.85. The lowest BCUT2D eigenvalue weighted by atomic mass is 10.1. The lowest BCUT2D eigenvalue weighted by molar-refractivity contribution is -0.144. The van der Waals surface area contributed by atoms with Gasteiger partial charge in [0.2, 0.25) is 0 Å². The molecule has 1 aliphatic heterocycles. The first kappa shape index (κ1) is 14.1. The van der Waals surface area contributed by atoms with Gasteiger partial charge in [-0.15, -0.1) is 0 Å². The van der Waals surface area contributed by atoms with E-state index < -0.39 is 18.1 Å². The molecule has 0 radical (unpaired) electrons. The molecule has 2 rings (SSSR count). The summed E-state index contributed by atoms with van der Waals surface area (Å²) in [6, 6.07) is 8.64. The molecule has 5 nitrogen and oxygen atoms in total. The van der Waals surface area contributed by atoms with Crippen LogP contribution in [0, 0.1) is 0 Å². The number of ether oxygens (including phenoxy) is 2. The van der Waals surface area contributed by atoms with Crippen molar-refractivity contribution < 1.29 is 19.1 Å². The number of rotatable bonds is 3. The van der Waals surface area contributed by atoms with Gasteiger partial charge in [-0.2, -0.15) is 0 Å².